The third-order valence-electron chi connectivity index (χ3n) is 3.56. The summed E-state index contributed by atoms with van der Waals surface area (Å²) >= 11 is -0.00246. The molecule has 0 aromatic rings. The molecule has 29 heavy (non-hydrogen) atoms. The Bertz CT molecular complexity index is 658. The summed E-state index contributed by atoms with van der Waals surface area (Å²) in [4.78, 5) is 21.8. The first-order valence-electron chi connectivity index (χ1n) is 6.95. The van der Waals surface area contributed by atoms with Gasteiger partial charge in [0.05, 0.1) is 6.42 Å². The van der Waals surface area contributed by atoms with Crippen molar-refractivity contribution in [2.45, 2.75) is 53.9 Å². The number of carbonyl (C=O) groups is 2. The van der Waals surface area contributed by atoms with Gasteiger partial charge in [0, 0.05) is 12.2 Å². The van der Waals surface area contributed by atoms with Gasteiger partial charge in [0.1, 0.15) is 5.25 Å². The molecule has 1 unspecified atom stereocenters. The van der Waals surface area contributed by atoms with E-state index in [-0.39, 0.29) is 11.8 Å². The van der Waals surface area contributed by atoms with Crippen molar-refractivity contribution in [3.63, 3.8) is 0 Å². The molecule has 0 spiro atoms. The Morgan fingerprint density at radius 2 is 1.21 bits per heavy atom. The fourth-order valence-electron chi connectivity index (χ4n) is 1.87. The molecule has 1 atom stereocenters. The van der Waals surface area contributed by atoms with Crippen LogP contribution in [0.15, 0.2) is 0 Å². The topological polar surface area (TPSA) is 43.4 Å². The van der Waals surface area contributed by atoms with E-state index in [1.165, 1.54) is 0 Å². The van der Waals surface area contributed by atoms with Crippen LogP contribution in [-0.2, 0) is 14.3 Å². The molecular weight excluding hydrogens is 471 g/mol. The highest BCUT2D eigenvalue weighted by atomic mass is 32.2. The maximum atomic E-state index is 13.5. The molecule has 0 aromatic carbocycles. The van der Waals surface area contributed by atoms with Crippen LogP contribution in [0, 0.1) is 0 Å². The Morgan fingerprint density at radius 3 is 1.59 bits per heavy atom. The van der Waals surface area contributed by atoms with Crippen LogP contribution < -0.4 is 0 Å². The number of hydrogen-bond acceptors (Lipinski definition) is 4. The zero-order valence-corrected chi connectivity index (χ0v) is 14.1. The number of rotatable bonds is 8. The highest BCUT2D eigenvalue weighted by Crippen LogP contribution is 2.60. The number of alkyl halides is 13. The van der Waals surface area contributed by atoms with Crippen LogP contribution in [-0.4, -0.2) is 58.7 Å². The fourth-order valence-corrected chi connectivity index (χ4v) is 2.97. The van der Waals surface area contributed by atoms with Gasteiger partial charge in [-0.25, -0.2) is 0 Å². The van der Waals surface area contributed by atoms with Gasteiger partial charge in [-0.2, -0.15) is 57.1 Å². The second kappa shape index (κ2) is 7.37. The summed E-state index contributed by atoms with van der Waals surface area (Å²) in [5.41, 5.74) is 0. The molecule has 1 aliphatic heterocycles. The Labute approximate surface area is 155 Å². The van der Waals surface area contributed by atoms with Crippen LogP contribution in [0.2, 0.25) is 0 Å². The predicted molar refractivity (Wildman–Crippen MR) is 67.4 cm³/mol. The van der Waals surface area contributed by atoms with Gasteiger partial charge < -0.3 is 4.74 Å². The quantitative estimate of drug-likeness (QED) is 0.289. The summed E-state index contributed by atoms with van der Waals surface area (Å²) in [5, 5.41) is -1.51. The average molecular weight is 478 g/mol. The van der Waals surface area contributed by atoms with Crippen LogP contribution in [0.4, 0.5) is 57.1 Å². The zero-order chi connectivity index (χ0) is 23.3. The Balaban J connectivity index is 3.06. The highest BCUT2D eigenvalue weighted by molar-refractivity contribution is 8.00. The fraction of sp³-hybridized carbons (Fsp3) is 0.833. The first kappa shape index (κ1) is 25.6. The molecule has 0 bridgehead atoms. The molecule has 0 saturated carbocycles. The molecule has 1 fully saturated rings. The third-order valence-corrected chi connectivity index (χ3v) is 4.76. The lowest BCUT2D eigenvalue weighted by Gasteiger charge is -2.39. The Hall–Kier alpha value is -1.42. The van der Waals surface area contributed by atoms with Gasteiger partial charge in [-0.3, -0.25) is 9.59 Å². The molecule has 1 aliphatic rings. The number of esters is 2. The lowest BCUT2D eigenvalue weighted by molar-refractivity contribution is -0.439. The van der Waals surface area contributed by atoms with E-state index in [2.05, 4.69) is 4.74 Å². The summed E-state index contributed by atoms with van der Waals surface area (Å²) < 4.78 is 171. The van der Waals surface area contributed by atoms with E-state index < -0.39 is 71.6 Å². The summed E-state index contributed by atoms with van der Waals surface area (Å²) in [6.45, 7) is 0. The first-order chi connectivity index (χ1) is 12.6. The van der Waals surface area contributed by atoms with Crippen molar-refractivity contribution in [3.8, 4) is 0 Å². The van der Waals surface area contributed by atoms with Crippen LogP contribution in [0.5, 0.6) is 0 Å². The number of carbonyl (C=O) groups excluding carboxylic acids is 2. The van der Waals surface area contributed by atoms with E-state index in [4.69, 9.17) is 0 Å². The number of cyclic esters (lactones) is 2. The molecule has 170 valence electrons. The molecule has 0 aliphatic carbocycles. The molecular formula is C12H7F13O3S. The molecule has 0 N–H and O–H groups in total. The van der Waals surface area contributed by atoms with Gasteiger partial charge in [0.15, 0.2) is 0 Å². The van der Waals surface area contributed by atoms with Crippen molar-refractivity contribution in [1.29, 1.82) is 0 Å². The minimum Gasteiger partial charge on any atom is -0.392 e. The summed E-state index contributed by atoms with van der Waals surface area (Å²) in [7, 11) is 0. The second-order valence-electron chi connectivity index (χ2n) is 5.61. The SMILES string of the molecule is O=C1CC(SCCC(F)(F)C(F)(F)C(F)(F)C(F)(F)C(F)(F)C(F)(F)F)C(=O)O1. The van der Waals surface area contributed by atoms with E-state index >= 15 is 0 Å². The van der Waals surface area contributed by atoms with Gasteiger partial charge in [-0.05, 0) is 0 Å². The maximum absolute atomic E-state index is 13.5. The van der Waals surface area contributed by atoms with E-state index in [1.807, 2.05) is 0 Å². The van der Waals surface area contributed by atoms with Gasteiger partial charge in [-0.15, -0.1) is 11.8 Å². The lowest BCUT2D eigenvalue weighted by atomic mass is 9.93. The molecule has 1 rings (SSSR count). The zero-order valence-electron chi connectivity index (χ0n) is 13.2. The molecule has 1 saturated heterocycles. The van der Waals surface area contributed by atoms with Gasteiger partial charge in [0.25, 0.3) is 0 Å². The molecule has 17 heteroatoms. The van der Waals surface area contributed by atoms with Crippen LogP contribution in [0.1, 0.15) is 12.8 Å². The number of hydrogen-bond donors (Lipinski definition) is 0. The molecule has 0 aromatic heterocycles. The van der Waals surface area contributed by atoms with Crippen LogP contribution in [0.3, 0.4) is 0 Å². The van der Waals surface area contributed by atoms with E-state index in [1.54, 1.807) is 0 Å². The standard InChI is InChI=1S/C12H7F13O3S/c13-7(14,1-2-29-4-3-5(26)28-6(4)27)8(15,16)9(17,18)10(19,20)11(21,22)12(23,24)25/h4H,1-3H2. The van der Waals surface area contributed by atoms with E-state index in [0.717, 1.165) is 0 Å². The van der Waals surface area contributed by atoms with E-state index in [9.17, 15) is 66.7 Å². The number of halogens is 13. The van der Waals surface area contributed by atoms with Crippen LogP contribution >= 0.6 is 11.8 Å². The summed E-state index contributed by atoms with van der Waals surface area (Å²) in [5.74, 6) is -40.9. The Morgan fingerprint density at radius 1 is 0.759 bits per heavy atom. The minimum absolute atomic E-state index is 0.00246. The third kappa shape index (κ3) is 4.10. The van der Waals surface area contributed by atoms with Crippen molar-refractivity contribution < 1.29 is 71.4 Å². The maximum Gasteiger partial charge on any atom is 0.460 e. The first-order valence-corrected chi connectivity index (χ1v) is 8.00. The molecule has 1 heterocycles. The highest BCUT2D eigenvalue weighted by Gasteiger charge is 2.90. The molecule has 0 amide bonds. The largest absolute Gasteiger partial charge is 0.460 e. The smallest absolute Gasteiger partial charge is 0.392 e. The normalized spacial score (nSPS) is 20.2. The van der Waals surface area contributed by atoms with Gasteiger partial charge >= 0.3 is 47.7 Å². The van der Waals surface area contributed by atoms with Crippen molar-refractivity contribution in [2.75, 3.05) is 5.75 Å². The van der Waals surface area contributed by atoms with Crippen molar-refractivity contribution in [3.05, 3.63) is 0 Å². The average Bonchev–Trinajstić information content (AvgIpc) is 2.83. The minimum atomic E-state index is -7.94. The van der Waals surface area contributed by atoms with Crippen LogP contribution in [0.25, 0.3) is 0 Å². The second-order valence-corrected chi connectivity index (χ2v) is 6.92. The van der Waals surface area contributed by atoms with Gasteiger partial charge in [0.2, 0.25) is 0 Å². The molecule has 0 radical (unpaired) electrons. The summed E-state index contributed by atoms with van der Waals surface area (Å²) in [6.07, 6.45) is -10.6. The van der Waals surface area contributed by atoms with Crippen molar-refractivity contribution >= 4 is 23.7 Å². The summed E-state index contributed by atoms with van der Waals surface area (Å²) in [6, 6.07) is 0. The monoisotopic (exact) mass is 478 g/mol. The van der Waals surface area contributed by atoms with Gasteiger partial charge in [-0.1, -0.05) is 0 Å². The predicted octanol–water partition coefficient (Wildman–Crippen LogP) is 4.69. The van der Waals surface area contributed by atoms with E-state index in [0.29, 0.717) is 0 Å². The Kier molecular flexibility index (Phi) is 6.51. The van der Waals surface area contributed by atoms with Crippen molar-refractivity contribution in [1.82, 2.24) is 0 Å². The van der Waals surface area contributed by atoms with Crippen molar-refractivity contribution in [2.24, 2.45) is 0 Å². The number of ether oxygens (including phenoxy) is 1. The molecule has 3 nitrogen and oxygen atoms in total. The lowest BCUT2D eigenvalue weighted by Crippen LogP contribution is -2.70. The number of thioether (sulfide) groups is 1.